The van der Waals surface area contributed by atoms with E-state index in [0.717, 1.165) is 28.0 Å². The molecule has 1 amide bonds. The molecule has 5 nitrogen and oxygen atoms in total. The first-order valence-electron chi connectivity index (χ1n) is 6.02. The molecule has 1 aromatic carbocycles. The molecule has 2 aromatic heterocycles. The largest absolute Gasteiger partial charge is 0.348 e. The van der Waals surface area contributed by atoms with Gasteiger partial charge < -0.3 is 5.32 Å². The van der Waals surface area contributed by atoms with Crippen LogP contribution in [0.1, 0.15) is 15.9 Å². The summed E-state index contributed by atoms with van der Waals surface area (Å²) in [5.41, 5.74) is 4.60. The Morgan fingerprint density at radius 2 is 2.11 bits per heavy atom. The maximum Gasteiger partial charge on any atom is 0.251 e. The number of aromatic nitrogens is 3. The zero-order valence-electron chi connectivity index (χ0n) is 10.00. The van der Waals surface area contributed by atoms with Gasteiger partial charge in [-0.15, -0.1) is 0 Å². The second-order valence-corrected chi connectivity index (χ2v) is 4.46. The van der Waals surface area contributed by atoms with E-state index in [-0.39, 0.29) is 5.91 Å². The van der Waals surface area contributed by atoms with Gasteiger partial charge in [-0.25, -0.2) is 4.98 Å². The summed E-state index contributed by atoms with van der Waals surface area (Å²) < 4.78 is 1.98. The van der Waals surface area contributed by atoms with Crippen molar-refractivity contribution < 1.29 is 4.79 Å². The van der Waals surface area contributed by atoms with Crippen LogP contribution in [0.4, 0.5) is 0 Å². The van der Waals surface area contributed by atoms with Crippen molar-refractivity contribution in [3.8, 4) is 11.3 Å². The summed E-state index contributed by atoms with van der Waals surface area (Å²) in [6, 6.07) is 5.77. The zero-order valence-corrected chi connectivity index (χ0v) is 10.00. The highest BCUT2D eigenvalue weighted by Crippen LogP contribution is 2.29. The first-order valence-corrected chi connectivity index (χ1v) is 6.02. The van der Waals surface area contributed by atoms with Gasteiger partial charge in [0, 0.05) is 30.1 Å². The van der Waals surface area contributed by atoms with E-state index in [0.29, 0.717) is 6.54 Å². The summed E-state index contributed by atoms with van der Waals surface area (Å²) in [5, 5.41) is 2.85. The molecule has 0 atom stereocenters. The first-order chi connectivity index (χ1) is 9.34. The maximum absolute atomic E-state index is 11.7. The van der Waals surface area contributed by atoms with Gasteiger partial charge in [0.2, 0.25) is 0 Å². The van der Waals surface area contributed by atoms with Crippen LogP contribution in [0.3, 0.4) is 0 Å². The van der Waals surface area contributed by atoms with E-state index in [1.54, 1.807) is 12.4 Å². The molecular formula is C14H10N4O. The lowest BCUT2D eigenvalue weighted by Gasteiger charge is -2.06. The van der Waals surface area contributed by atoms with Crippen molar-refractivity contribution >= 4 is 11.6 Å². The van der Waals surface area contributed by atoms with Crippen molar-refractivity contribution in [1.29, 1.82) is 0 Å². The minimum absolute atomic E-state index is 0.00709. The number of imidazole rings is 1. The predicted octanol–water partition coefficient (Wildman–Crippen LogP) is 1.64. The smallest absolute Gasteiger partial charge is 0.251 e. The van der Waals surface area contributed by atoms with Crippen molar-refractivity contribution in [1.82, 2.24) is 19.7 Å². The van der Waals surface area contributed by atoms with Crippen LogP contribution in [0.2, 0.25) is 0 Å². The molecular weight excluding hydrogens is 240 g/mol. The molecule has 4 rings (SSSR count). The highest BCUT2D eigenvalue weighted by Gasteiger charge is 2.22. The number of amides is 1. The van der Waals surface area contributed by atoms with Crippen LogP contribution in [-0.2, 0) is 6.54 Å². The van der Waals surface area contributed by atoms with Gasteiger partial charge in [0.1, 0.15) is 0 Å². The highest BCUT2D eigenvalue weighted by molar-refractivity contribution is 6.00. The van der Waals surface area contributed by atoms with Crippen LogP contribution in [-0.4, -0.2) is 20.3 Å². The van der Waals surface area contributed by atoms with Crippen molar-refractivity contribution in [2.45, 2.75) is 6.54 Å². The Kier molecular flexibility index (Phi) is 1.97. The molecule has 0 saturated heterocycles. The standard InChI is InChI=1S/C14H10N4O/c19-14-10-3-1-2-9(11(10)6-17-14)12-7-16-13-8-15-4-5-18(12)13/h1-5,7-8H,6H2,(H,17,19). The van der Waals surface area contributed by atoms with Crippen molar-refractivity contribution in [2.24, 2.45) is 0 Å². The van der Waals surface area contributed by atoms with Gasteiger partial charge in [-0.3, -0.25) is 14.2 Å². The number of carbonyl (C=O) groups is 1. The molecule has 5 heteroatoms. The lowest BCUT2D eigenvalue weighted by Crippen LogP contribution is -2.12. The third kappa shape index (κ3) is 1.38. The fraction of sp³-hybridized carbons (Fsp3) is 0.0714. The Balaban J connectivity index is 2.01. The third-order valence-corrected chi connectivity index (χ3v) is 3.44. The average molecular weight is 250 g/mol. The van der Waals surface area contributed by atoms with Gasteiger partial charge in [-0.1, -0.05) is 12.1 Å². The number of rotatable bonds is 1. The molecule has 0 bridgehead atoms. The van der Waals surface area contributed by atoms with Crippen LogP contribution in [0.5, 0.6) is 0 Å². The van der Waals surface area contributed by atoms with Crippen LogP contribution in [0.25, 0.3) is 16.9 Å². The molecule has 0 radical (unpaired) electrons. The summed E-state index contributed by atoms with van der Waals surface area (Å²) in [7, 11) is 0. The second-order valence-electron chi connectivity index (χ2n) is 4.46. The molecule has 0 aliphatic carbocycles. The first kappa shape index (κ1) is 10.3. The summed E-state index contributed by atoms with van der Waals surface area (Å²) in [5.74, 6) is -0.00709. The number of nitrogens with zero attached hydrogens (tertiary/aromatic N) is 3. The van der Waals surface area contributed by atoms with E-state index in [2.05, 4.69) is 15.3 Å². The van der Waals surface area contributed by atoms with Crippen LogP contribution in [0, 0.1) is 0 Å². The molecule has 1 aliphatic rings. The van der Waals surface area contributed by atoms with E-state index in [1.165, 1.54) is 0 Å². The van der Waals surface area contributed by atoms with Gasteiger partial charge in [0.15, 0.2) is 5.65 Å². The maximum atomic E-state index is 11.7. The fourth-order valence-corrected chi connectivity index (χ4v) is 2.54. The number of hydrogen-bond donors (Lipinski definition) is 1. The third-order valence-electron chi connectivity index (χ3n) is 3.44. The van der Waals surface area contributed by atoms with Gasteiger partial charge in [-0.2, -0.15) is 0 Å². The van der Waals surface area contributed by atoms with Crippen molar-refractivity contribution in [3.63, 3.8) is 0 Å². The fourth-order valence-electron chi connectivity index (χ4n) is 2.54. The van der Waals surface area contributed by atoms with E-state index >= 15 is 0 Å². The summed E-state index contributed by atoms with van der Waals surface area (Å²) >= 11 is 0. The Bertz CT molecular complexity index is 806. The molecule has 92 valence electrons. The molecule has 0 saturated carbocycles. The summed E-state index contributed by atoms with van der Waals surface area (Å²) in [6.07, 6.45) is 7.14. The Morgan fingerprint density at radius 1 is 1.21 bits per heavy atom. The highest BCUT2D eigenvalue weighted by atomic mass is 16.1. The minimum atomic E-state index is -0.00709. The molecule has 0 fully saturated rings. The number of carbonyl (C=O) groups excluding carboxylic acids is 1. The molecule has 19 heavy (non-hydrogen) atoms. The van der Waals surface area contributed by atoms with Crippen LogP contribution in [0.15, 0.2) is 43.0 Å². The van der Waals surface area contributed by atoms with Crippen molar-refractivity contribution in [2.75, 3.05) is 0 Å². The predicted molar refractivity (Wildman–Crippen MR) is 69.6 cm³/mol. The average Bonchev–Trinajstić information content (AvgIpc) is 3.03. The lowest BCUT2D eigenvalue weighted by molar-refractivity contribution is 0.0966. The van der Waals surface area contributed by atoms with E-state index in [4.69, 9.17) is 0 Å². The lowest BCUT2D eigenvalue weighted by atomic mass is 10.0. The number of hydrogen-bond acceptors (Lipinski definition) is 3. The Morgan fingerprint density at radius 3 is 3.05 bits per heavy atom. The SMILES string of the molecule is O=C1NCc2c1cccc2-c1cnc2cnccn12. The summed E-state index contributed by atoms with van der Waals surface area (Å²) in [4.78, 5) is 20.1. The van der Waals surface area contributed by atoms with E-state index < -0.39 is 0 Å². The molecule has 1 aliphatic heterocycles. The molecule has 0 spiro atoms. The number of nitrogens with one attached hydrogen (secondary N) is 1. The van der Waals surface area contributed by atoms with E-state index in [1.807, 2.05) is 35.0 Å². The van der Waals surface area contributed by atoms with Gasteiger partial charge >= 0.3 is 0 Å². The molecule has 3 heterocycles. The number of benzene rings is 1. The normalized spacial score (nSPS) is 13.6. The van der Waals surface area contributed by atoms with Gasteiger partial charge in [-0.05, 0) is 11.6 Å². The minimum Gasteiger partial charge on any atom is -0.348 e. The molecule has 3 aromatic rings. The zero-order chi connectivity index (χ0) is 12.8. The molecule has 0 unspecified atom stereocenters. The van der Waals surface area contributed by atoms with Gasteiger partial charge in [0.25, 0.3) is 5.91 Å². The Hall–Kier alpha value is -2.69. The van der Waals surface area contributed by atoms with E-state index in [9.17, 15) is 4.79 Å². The second kappa shape index (κ2) is 3.65. The summed E-state index contributed by atoms with van der Waals surface area (Å²) in [6.45, 7) is 0.572. The topological polar surface area (TPSA) is 59.3 Å². The monoisotopic (exact) mass is 250 g/mol. The number of fused-ring (bicyclic) bond motifs is 2. The van der Waals surface area contributed by atoms with Gasteiger partial charge in [0.05, 0.1) is 18.1 Å². The van der Waals surface area contributed by atoms with Crippen LogP contribution < -0.4 is 5.32 Å². The Labute approximate surface area is 108 Å². The van der Waals surface area contributed by atoms with Crippen molar-refractivity contribution in [3.05, 3.63) is 54.1 Å². The quantitative estimate of drug-likeness (QED) is 0.714. The molecule has 1 N–H and O–H groups in total. The van der Waals surface area contributed by atoms with Crippen LogP contribution >= 0.6 is 0 Å².